The minimum absolute atomic E-state index is 0.144. The SMILES string of the molecule is O=C1C2C=CC(C(O)c3cccc4ccccc34)N(Nc3ccccc3F)C2C(=O)N1c1ccccc1. The number of hydrogen-bond acceptors (Lipinski definition) is 5. The second-order valence-electron chi connectivity index (χ2n) is 9.21. The van der Waals surface area contributed by atoms with E-state index in [0.29, 0.717) is 11.3 Å². The number of rotatable bonds is 5. The molecule has 2 aliphatic rings. The van der Waals surface area contributed by atoms with Crippen molar-refractivity contribution in [2.75, 3.05) is 10.3 Å². The number of fused-ring (bicyclic) bond motifs is 2. The van der Waals surface area contributed by atoms with Gasteiger partial charge >= 0.3 is 0 Å². The summed E-state index contributed by atoms with van der Waals surface area (Å²) in [5.41, 5.74) is 4.32. The Kier molecular flexibility index (Phi) is 5.79. The van der Waals surface area contributed by atoms with Gasteiger partial charge in [0, 0.05) is 0 Å². The summed E-state index contributed by atoms with van der Waals surface area (Å²) < 4.78 is 14.7. The van der Waals surface area contributed by atoms with E-state index in [1.807, 2.05) is 48.5 Å². The predicted octanol–water partition coefficient (Wildman–Crippen LogP) is 4.84. The van der Waals surface area contributed by atoms with Crippen LogP contribution in [-0.4, -0.2) is 34.0 Å². The van der Waals surface area contributed by atoms with Crippen molar-refractivity contribution in [3.05, 3.63) is 121 Å². The molecule has 37 heavy (non-hydrogen) atoms. The standard InChI is InChI=1S/C30H24FN3O3/c31-24-15-6-7-16-25(24)32-34-26(28(35)22-14-8-10-19-9-4-5-13-21(19)22)18-17-23-27(34)30(37)33(29(23)36)20-11-2-1-3-12-20/h1-18,23,26-28,32,35H. The number of nitrogens with zero attached hydrogens (tertiary/aromatic N) is 2. The van der Waals surface area contributed by atoms with Gasteiger partial charge in [0.05, 0.1) is 23.3 Å². The average Bonchev–Trinajstić information content (AvgIpc) is 3.19. The predicted molar refractivity (Wildman–Crippen MR) is 140 cm³/mol. The van der Waals surface area contributed by atoms with Gasteiger partial charge in [-0.15, -0.1) is 0 Å². The fourth-order valence-corrected chi connectivity index (χ4v) is 5.29. The Morgan fingerprint density at radius 2 is 1.49 bits per heavy atom. The summed E-state index contributed by atoms with van der Waals surface area (Å²) >= 11 is 0. The highest BCUT2D eigenvalue weighted by Crippen LogP contribution is 2.39. The first kappa shape index (κ1) is 23.1. The fraction of sp³-hybridized carbons (Fsp3) is 0.133. The smallest absolute Gasteiger partial charge is 0.254 e. The molecule has 2 N–H and O–H groups in total. The molecule has 7 heteroatoms. The first-order valence-corrected chi connectivity index (χ1v) is 12.1. The number of aliphatic hydroxyl groups is 1. The van der Waals surface area contributed by atoms with Gasteiger partial charge in [0.2, 0.25) is 5.91 Å². The van der Waals surface area contributed by atoms with Gasteiger partial charge in [-0.2, -0.15) is 0 Å². The molecule has 0 bridgehead atoms. The molecule has 0 saturated carbocycles. The highest BCUT2D eigenvalue weighted by Gasteiger charge is 2.54. The number of anilines is 2. The third-order valence-electron chi connectivity index (χ3n) is 7.06. The number of nitrogens with one attached hydrogen (secondary N) is 1. The molecule has 4 aromatic carbocycles. The molecule has 4 aromatic rings. The molecule has 6 rings (SSSR count). The highest BCUT2D eigenvalue weighted by atomic mass is 19.1. The average molecular weight is 494 g/mol. The van der Waals surface area contributed by atoms with E-state index in [9.17, 15) is 19.1 Å². The molecule has 2 amide bonds. The van der Waals surface area contributed by atoms with Crippen molar-refractivity contribution < 1.29 is 19.1 Å². The van der Waals surface area contributed by atoms with Gasteiger partial charge in [-0.25, -0.2) is 14.3 Å². The van der Waals surface area contributed by atoms with Crippen molar-refractivity contribution in [3.63, 3.8) is 0 Å². The molecular formula is C30H24FN3O3. The van der Waals surface area contributed by atoms with Crippen molar-refractivity contribution in [2.24, 2.45) is 5.92 Å². The third-order valence-corrected chi connectivity index (χ3v) is 7.06. The van der Waals surface area contributed by atoms with Crippen LogP contribution in [0.4, 0.5) is 15.8 Å². The number of hydrazine groups is 1. The maximum atomic E-state index is 14.7. The number of para-hydroxylation sites is 2. The maximum absolute atomic E-state index is 14.7. The lowest BCUT2D eigenvalue weighted by atomic mass is 9.89. The topological polar surface area (TPSA) is 72.9 Å². The van der Waals surface area contributed by atoms with Gasteiger partial charge in [-0.1, -0.05) is 84.9 Å². The van der Waals surface area contributed by atoms with Crippen LogP contribution in [-0.2, 0) is 9.59 Å². The number of carbonyl (C=O) groups is 2. The van der Waals surface area contributed by atoms with E-state index < -0.39 is 35.8 Å². The minimum Gasteiger partial charge on any atom is -0.386 e. The summed E-state index contributed by atoms with van der Waals surface area (Å²) in [4.78, 5) is 28.3. The molecule has 0 radical (unpaired) electrons. The molecule has 184 valence electrons. The van der Waals surface area contributed by atoms with E-state index in [1.54, 1.807) is 54.6 Å². The van der Waals surface area contributed by atoms with E-state index in [-0.39, 0.29) is 11.6 Å². The van der Waals surface area contributed by atoms with Gasteiger partial charge in [0.15, 0.2) is 0 Å². The van der Waals surface area contributed by atoms with Crippen LogP contribution in [0.5, 0.6) is 0 Å². The molecule has 6 nitrogen and oxygen atoms in total. The minimum atomic E-state index is -1.07. The quantitative estimate of drug-likeness (QED) is 0.308. The summed E-state index contributed by atoms with van der Waals surface area (Å²) in [5, 5.41) is 15.0. The van der Waals surface area contributed by atoms with Crippen LogP contribution in [0.3, 0.4) is 0 Å². The highest BCUT2D eigenvalue weighted by molar-refractivity contribution is 6.24. The summed E-state index contributed by atoms with van der Waals surface area (Å²) in [7, 11) is 0. The molecule has 0 spiro atoms. The molecule has 4 atom stereocenters. The molecule has 2 heterocycles. The lowest BCUT2D eigenvalue weighted by Crippen LogP contribution is -2.55. The number of carbonyl (C=O) groups excluding carboxylic acids is 2. The Hall–Kier alpha value is -4.33. The van der Waals surface area contributed by atoms with E-state index in [4.69, 9.17) is 0 Å². The third kappa shape index (κ3) is 3.89. The molecule has 0 aliphatic carbocycles. The number of hydrogen-bond donors (Lipinski definition) is 2. The van der Waals surface area contributed by atoms with Crippen LogP contribution in [0.1, 0.15) is 11.7 Å². The number of aliphatic hydroxyl groups excluding tert-OH is 1. The molecule has 2 aliphatic heterocycles. The zero-order valence-corrected chi connectivity index (χ0v) is 19.7. The van der Waals surface area contributed by atoms with Crippen molar-refractivity contribution in [1.82, 2.24) is 5.01 Å². The number of benzene rings is 4. The number of imide groups is 1. The lowest BCUT2D eigenvalue weighted by Gasteiger charge is -2.41. The van der Waals surface area contributed by atoms with E-state index in [2.05, 4.69) is 5.43 Å². The zero-order valence-electron chi connectivity index (χ0n) is 19.7. The Morgan fingerprint density at radius 1 is 0.784 bits per heavy atom. The largest absolute Gasteiger partial charge is 0.386 e. The number of halogens is 1. The second-order valence-corrected chi connectivity index (χ2v) is 9.21. The normalized spacial score (nSPS) is 22.3. The number of amides is 2. The van der Waals surface area contributed by atoms with Crippen molar-refractivity contribution in [3.8, 4) is 0 Å². The van der Waals surface area contributed by atoms with E-state index in [1.165, 1.54) is 16.0 Å². The molecule has 0 aromatic heterocycles. The van der Waals surface area contributed by atoms with E-state index >= 15 is 0 Å². The van der Waals surface area contributed by atoms with Gasteiger partial charge in [-0.05, 0) is 40.6 Å². The maximum Gasteiger partial charge on any atom is 0.254 e. The Bertz CT molecular complexity index is 1520. The van der Waals surface area contributed by atoms with Crippen molar-refractivity contribution in [2.45, 2.75) is 18.2 Å². The van der Waals surface area contributed by atoms with Crippen molar-refractivity contribution >= 4 is 34.0 Å². The molecule has 1 fully saturated rings. The summed E-state index contributed by atoms with van der Waals surface area (Å²) in [6.07, 6.45) is 2.34. The van der Waals surface area contributed by atoms with Crippen LogP contribution in [0, 0.1) is 11.7 Å². The van der Waals surface area contributed by atoms with Crippen molar-refractivity contribution in [1.29, 1.82) is 0 Å². The molecule has 4 unspecified atom stereocenters. The van der Waals surface area contributed by atoms with Crippen LogP contribution in [0.2, 0.25) is 0 Å². The first-order valence-electron chi connectivity index (χ1n) is 12.1. The van der Waals surface area contributed by atoms with Gasteiger partial charge < -0.3 is 10.5 Å². The second kappa shape index (κ2) is 9.28. The fourth-order valence-electron chi connectivity index (χ4n) is 5.29. The van der Waals surface area contributed by atoms with Crippen LogP contribution < -0.4 is 10.3 Å². The lowest BCUT2D eigenvalue weighted by molar-refractivity contribution is -0.123. The monoisotopic (exact) mass is 493 g/mol. The Balaban J connectivity index is 1.44. The van der Waals surface area contributed by atoms with Crippen LogP contribution in [0.25, 0.3) is 10.8 Å². The molecular weight excluding hydrogens is 469 g/mol. The van der Waals surface area contributed by atoms with Gasteiger partial charge in [-0.3, -0.25) is 9.59 Å². The van der Waals surface area contributed by atoms with E-state index in [0.717, 1.165) is 10.8 Å². The van der Waals surface area contributed by atoms with Crippen LogP contribution >= 0.6 is 0 Å². The Morgan fingerprint density at radius 3 is 2.30 bits per heavy atom. The summed E-state index contributed by atoms with van der Waals surface area (Å²) in [6.45, 7) is 0. The van der Waals surface area contributed by atoms with Gasteiger partial charge in [0.1, 0.15) is 18.0 Å². The first-order chi connectivity index (χ1) is 18.0. The zero-order chi connectivity index (χ0) is 25.5. The molecule has 1 saturated heterocycles. The van der Waals surface area contributed by atoms with Gasteiger partial charge in [0.25, 0.3) is 5.91 Å². The summed E-state index contributed by atoms with van der Waals surface area (Å²) in [6, 6.07) is 26.5. The Labute approximate surface area is 213 Å². The summed E-state index contributed by atoms with van der Waals surface area (Å²) in [5.74, 6) is -2.10. The van der Waals surface area contributed by atoms with Crippen LogP contribution in [0.15, 0.2) is 109 Å².